The average molecular weight is 500 g/mol. The number of carbonyl (C=O) groups is 1. The molecule has 0 saturated carbocycles. The van der Waals surface area contributed by atoms with E-state index < -0.39 is 0 Å². The van der Waals surface area contributed by atoms with Crippen LogP contribution < -0.4 is 10.3 Å². The zero-order valence-electron chi connectivity index (χ0n) is 19.7. The third kappa shape index (κ3) is 4.36. The van der Waals surface area contributed by atoms with Crippen LogP contribution in [-0.2, 0) is 22.4 Å². The lowest BCUT2D eigenvalue weighted by atomic mass is 9.97. The molecule has 7 nitrogen and oxygen atoms in total. The molecule has 1 fully saturated rings. The molecule has 0 N–H and O–H groups in total. The van der Waals surface area contributed by atoms with Gasteiger partial charge in [-0.3, -0.25) is 14.2 Å². The minimum atomic E-state index is -0.0857. The van der Waals surface area contributed by atoms with Crippen molar-refractivity contribution in [2.75, 3.05) is 26.0 Å². The van der Waals surface area contributed by atoms with E-state index in [0.717, 1.165) is 41.5 Å². The number of amides is 1. The molecular weight excluding hydrogens is 470 g/mol. The highest BCUT2D eigenvalue weighted by atomic mass is 32.2. The summed E-state index contributed by atoms with van der Waals surface area (Å²) in [7, 11) is 1.60. The SMILES string of the molecule is COc1ccccc1-n1c(SCC(=O)N2CC(C)OC(C)C2)nc2sc3c(c2c1=O)CCCC3. The predicted molar refractivity (Wildman–Crippen MR) is 136 cm³/mol. The molecule has 1 aliphatic heterocycles. The molecule has 3 aromatic rings. The number of carbonyl (C=O) groups excluding carboxylic acids is 1. The van der Waals surface area contributed by atoms with Crippen molar-refractivity contribution in [2.24, 2.45) is 0 Å². The van der Waals surface area contributed by atoms with Gasteiger partial charge < -0.3 is 14.4 Å². The fourth-order valence-corrected chi connectivity index (χ4v) is 7.12. The van der Waals surface area contributed by atoms with Crippen LogP contribution in [0.5, 0.6) is 5.75 Å². The van der Waals surface area contributed by atoms with E-state index in [2.05, 4.69) is 0 Å². The van der Waals surface area contributed by atoms with Gasteiger partial charge in [0.15, 0.2) is 5.16 Å². The zero-order chi connectivity index (χ0) is 23.8. The Morgan fingerprint density at radius 2 is 1.94 bits per heavy atom. The first-order valence-electron chi connectivity index (χ1n) is 11.7. The number of para-hydroxylation sites is 2. The van der Waals surface area contributed by atoms with Crippen LogP contribution in [0.15, 0.2) is 34.2 Å². The van der Waals surface area contributed by atoms with Crippen molar-refractivity contribution in [3.8, 4) is 11.4 Å². The molecule has 1 aromatic carbocycles. The molecule has 5 rings (SSSR count). The Labute approximate surface area is 207 Å². The molecular formula is C25H29N3O4S2. The fraction of sp³-hybridized carbons (Fsp3) is 0.480. The van der Waals surface area contributed by atoms with Crippen molar-refractivity contribution in [3.05, 3.63) is 45.1 Å². The van der Waals surface area contributed by atoms with Crippen LogP contribution in [0.4, 0.5) is 0 Å². The van der Waals surface area contributed by atoms with E-state index in [-0.39, 0.29) is 29.4 Å². The molecule has 2 aliphatic rings. The number of thiophene rings is 1. The molecule has 9 heteroatoms. The Morgan fingerprint density at radius 1 is 1.21 bits per heavy atom. The maximum absolute atomic E-state index is 13.9. The van der Waals surface area contributed by atoms with Gasteiger partial charge in [-0.25, -0.2) is 4.98 Å². The molecule has 34 heavy (non-hydrogen) atoms. The Balaban J connectivity index is 1.56. The number of aryl methyl sites for hydroxylation is 2. The van der Waals surface area contributed by atoms with E-state index in [1.165, 1.54) is 16.6 Å². The summed E-state index contributed by atoms with van der Waals surface area (Å²) in [5.74, 6) is 0.828. The molecule has 180 valence electrons. The van der Waals surface area contributed by atoms with Crippen molar-refractivity contribution in [2.45, 2.75) is 56.9 Å². The number of methoxy groups -OCH3 is 1. The first-order valence-corrected chi connectivity index (χ1v) is 13.5. The Kier molecular flexibility index (Phi) is 6.68. The second-order valence-electron chi connectivity index (χ2n) is 8.94. The quantitative estimate of drug-likeness (QED) is 0.389. The summed E-state index contributed by atoms with van der Waals surface area (Å²) in [6.07, 6.45) is 4.17. The summed E-state index contributed by atoms with van der Waals surface area (Å²) >= 11 is 2.94. The molecule has 1 amide bonds. The minimum Gasteiger partial charge on any atom is -0.495 e. The molecule has 2 atom stereocenters. The van der Waals surface area contributed by atoms with Gasteiger partial charge in [-0.2, -0.15) is 0 Å². The van der Waals surface area contributed by atoms with Crippen molar-refractivity contribution < 1.29 is 14.3 Å². The lowest BCUT2D eigenvalue weighted by molar-refractivity contribution is -0.140. The number of nitrogens with zero attached hydrogens (tertiary/aromatic N) is 3. The minimum absolute atomic E-state index is 0.0105. The van der Waals surface area contributed by atoms with Crippen LogP contribution in [0, 0.1) is 0 Å². The van der Waals surface area contributed by atoms with Gasteiger partial charge >= 0.3 is 0 Å². The third-order valence-corrected chi connectivity index (χ3v) is 8.49. The van der Waals surface area contributed by atoms with Gasteiger partial charge in [-0.1, -0.05) is 23.9 Å². The number of thioether (sulfide) groups is 1. The first-order chi connectivity index (χ1) is 16.5. The highest BCUT2D eigenvalue weighted by Crippen LogP contribution is 2.36. The van der Waals surface area contributed by atoms with Gasteiger partial charge in [0.05, 0.1) is 36.1 Å². The topological polar surface area (TPSA) is 73.7 Å². The molecule has 2 unspecified atom stereocenters. The highest BCUT2D eigenvalue weighted by molar-refractivity contribution is 7.99. The van der Waals surface area contributed by atoms with Gasteiger partial charge in [0.25, 0.3) is 5.56 Å². The van der Waals surface area contributed by atoms with Crippen LogP contribution >= 0.6 is 23.1 Å². The van der Waals surface area contributed by atoms with Gasteiger partial charge in [-0.15, -0.1) is 11.3 Å². The first kappa shape index (κ1) is 23.4. The maximum atomic E-state index is 13.9. The van der Waals surface area contributed by atoms with Crippen molar-refractivity contribution in [1.82, 2.24) is 14.5 Å². The smallest absolute Gasteiger partial charge is 0.267 e. The number of hydrogen-bond donors (Lipinski definition) is 0. The van der Waals surface area contributed by atoms with Crippen LogP contribution in [0.2, 0.25) is 0 Å². The second kappa shape index (κ2) is 9.71. The summed E-state index contributed by atoms with van der Waals surface area (Å²) in [6.45, 7) is 5.12. The monoisotopic (exact) mass is 499 g/mol. The van der Waals surface area contributed by atoms with Crippen LogP contribution in [0.3, 0.4) is 0 Å². The lowest BCUT2D eigenvalue weighted by Crippen LogP contribution is -2.48. The van der Waals surface area contributed by atoms with Crippen molar-refractivity contribution >= 4 is 39.2 Å². The summed E-state index contributed by atoms with van der Waals surface area (Å²) in [4.78, 5) is 35.8. The summed E-state index contributed by atoms with van der Waals surface area (Å²) in [5, 5.41) is 1.24. The molecule has 0 spiro atoms. The van der Waals surface area contributed by atoms with Crippen molar-refractivity contribution in [1.29, 1.82) is 0 Å². The Morgan fingerprint density at radius 3 is 2.71 bits per heavy atom. The Bertz CT molecular complexity index is 1280. The number of ether oxygens (including phenoxy) is 2. The largest absolute Gasteiger partial charge is 0.495 e. The van der Waals surface area contributed by atoms with E-state index in [0.29, 0.717) is 29.7 Å². The van der Waals surface area contributed by atoms with Crippen molar-refractivity contribution in [3.63, 3.8) is 0 Å². The number of fused-ring (bicyclic) bond motifs is 3. The molecule has 0 radical (unpaired) electrons. The second-order valence-corrected chi connectivity index (χ2v) is 11.0. The highest BCUT2D eigenvalue weighted by Gasteiger charge is 2.28. The lowest BCUT2D eigenvalue weighted by Gasteiger charge is -2.35. The van der Waals surface area contributed by atoms with Gasteiger partial charge in [0, 0.05) is 18.0 Å². The molecule has 1 saturated heterocycles. The summed E-state index contributed by atoms with van der Waals surface area (Å²) in [6, 6.07) is 7.46. The van der Waals surface area contributed by atoms with Gasteiger partial charge in [0.2, 0.25) is 5.91 Å². The number of aromatic nitrogens is 2. The van der Waals surface area contributed by atoms with Gasteiger partial charge in [-0.05, 0) is 57.2 Å². The van der Waals surface area contributed by atoms with E-state index in [1.807, 2.05) is 43.0 Å². The van der Waals surface area contributed by atoms with Crippen LogP contribution in [0.1, 0.15) is 37.1 Å². The summed E-state index contributed by atoms with van der Waals surface area (Å²) < 4.78 is 13.0. The maximum Gasteiger partial charge on any atom is 0.267 e. The van der Waals surface area contributed by atoms with Crippen LogP contribution in [-0.4, -0.2) is 58.5 Å². The predicted octanol–water partition coefficient (Wildman–Crippen LogP) is 4.06. The fourth-order valence-electron chi connectivity index (χ4n) is 4.91. The summed E-state index contributed by atoms with van der Waals surface area (Å²) in [5.41, 5.74) is 1.71. The van der Waals surface area contributed by atoms with Gasteiger partial charge in [0.1, 0.15) is 10.6 Å². The molecule has 0 bridgehead atoms. The van der Waals surface area contributed by atoms with E-state index in [4.69, 9.17) is 14.5 Å². The third-order valence-electron chi connectivity index (χ3n) is 6.38. The number of morpholine rings is 1. The standard InChI is InChI=1S/C25H29N3O4S2/c1-15-12-27(13-16(2)32-15)21(29)14-33-25-26-23-22(17-8-4-7-11-20(17)34-23)24(30)28(25)18-9-5-6-10-19(18)31-3/h5-6,9-10,15-16H,4,7-8,11-14H2,1-3H3. The van der Waals surface area contributed by atoms with E-state index in [9.17, 15) is 9.59 Å². The molecule has 3 heterocycles. The van der Waals surface area contributed by atoms with E-state index >= 15 is 0 Å². The average Bonchev–Trinajstić information content (AvgIpc) is 3.20. The number of hydrogen-bond acceptors (Lipinski definition) is 7. The number of benzene rings is 1. The Hall–Kier alpha value is -2.36. The number of rotatable bonds is 5. The van der Waals surface area contributed by atoms with E-state index in [1.54, 1.807) is 23.0 Å². The molecule has 1 aliphatic carbocycles. The normalized spacial score (nSPS) is 20.4. The molecule has 2 aromatic heterocycles. The zero-order valence-corrected chi connectivity index (χ0v) is 21.3. The van der Waals surface area contributed by atoms with Crippen LogP contribution in [0.25, 0.3) is 15.9 Å².